The molecular formula is C7H13NO2. The third-order valence-electron chi connectivity index (χ3n) is 1.86. The number of hydrogen-bond acceptors (Lipinski definition) is 2. The van der Waals surface area contributed by atoms with E-state index in [-0.39, 0.29) is 6.09 Å². The lowest BCUT2D eigenvalue weighted by atomic mass is 10.3. The van der Waals surface area contributed by atoms with Crippen molar-refractivity contribution in [2.45, 2.75) is 31.7 Å². The summed E-state index contributed by atoms with van der Waals surface area (Å²) in [6, 6.07) is 0.368. The molecule has 0 spiro atoms. The SMILES string of the molecule is COC(=O)NC1CCCC1. The van der Waals surface area contributed by atoms with Crippen molar-refractivity contribution < 1.29 is 9.53 Å². The third-order valence-corrected chi connectivity index (χ3v) is 1.86. The van der Waals surface area contributed by atoms with Crippen LogP contribution < -0.4 is 5.32 Å². The standard InChI is InChI=1S/C7H13NO2/c1-10-7(9)8-6-4-2-3-5-6/h6H,2-5H2,1H3,(H,8,9). The smallest absolute Gasteiger partial charge is 0.407 e. The predicted molar refractivity (Wildman–Crippen MR) is 37.8 cm³/mol. The summed E-state index contributed by atoms with van der Waals surface area (Å²) in [5.74, 6) is 0. The van der Waals surface area contributed by atoms with Crippen LogP contribution in [0.5, 0.6) is 0 Å². The molecule has 10 heavy (non-hydrogen) atoms. The van der Waals surface area contributed by atoms with Gasteiger partial charge < -0.3 is 10.1 Å². The molecule has 1 N–H and O–H groups in total. The summed E-state index contributed by atoms with van der Waals surface area (Å²) < 4.78 is 4.46. The van der Waals surface area contributed by atoms with Crippen molar-refractivity contribution in [3.8, 4) is 0 Å². The molecule has 0 unspecified atom stereocenters. The van der Waals surface area contributed by atoms with Gasteiger partial charge in [0, 0.05) is 6.04 Å². The van der Waals surface area contributed by atoms with Gasteiger partial charge in [0.05, 0.1) is 7.11 Å². The van der Waals surface area contributed by atoms with E-state index in [0.29, 0.717) is 6.04 Å². The Labute approximate surface area is 60.7 Å². The van der Waals surface area contributed by atoms with Crippen molar-refractivity contribution in [1.29, 1.82) is 0 Å². The highest BCUT2D eigenvalue weighted by atomic mass is 16.5. The molecule has 0 radical (unpaired) electrons. The average Bonchev–Trinajstić information content (AvgIpc) is 2.40. The Balaban J connectivity index is 2.17. The molecule has 0 bridgehead atoms. The van der Waals surface area contributed by atoms with Gasteiger partial charge >= 0.3 is 6.09 Å². The van der Waals surface area contributed by atoms with Crippen molar-refractivity contribution in [3.63, 3.8) is 0 Å². The number of nitrogens with one attached hydrogen (secondary N) is 1. The van der Waals surface area contributed by atoms with Crippen molar-refractivity contribution in [2.75, 3.05) is 7.11 Å². The molecule has 58 valence electrons. The lowest BCUT2D eigenvalue weighted by Crippen LogP contribution is -2.32. The van der Waals surface area contributed by atoms with Crippen molar-refractivity contribution in [1.82, 2.24) is 5.32 Å². The van der Waals surface area contributed by atoms with Crippen LogP contribution in [-0.4, -0.2) is 19.2 Å². The Morgan fingerprint density at radius 2 is 2.10 bits per heavy atom. The molecule has 0 saturated heterocycles. The summed E-state index contributed by atoms with van der Waals surface area (Å²) in [5, 5.41) is 2.77. The quantitative estimate of drug-likeness (QED) is 0.600. The van der Waals surface area contributed by atoms with Gasteiger partial charge in [-0.2, -0.15) is 0 Å². The minimum Gasteiger partial charge on any atom is -0.453 e. The number of amides is 1. The summed E-state index contributed by atoms with van der Waals surface area (Å²) in [6.07, 6.45) is 4.37. The molecule has 1 aliphatic rings. The molecule has 0 heterocycles. The maximum absolute atomic E-state index is 10.6. The zero-order valence-corrected chi connectivity index (χ0v) is 6.22. The topological polar surface area (TPSA) is 38.3 Å². The molecular weight excluding hydrogens is 130 g/mol. The highest BCUT2D eigenvalue weighted by molar-refractivity contribution is 5.67. The summed E-state index contributed by atoms with van der Waals surface area (Å²) in [6.45, 7) is 0. The first kappa shape index (κ1) is 7.38. The van der Waals surface area contributed by atoms with Gasteiger partial charge in [0.1, 0.15) is 0 Å². The first-order valence-electron chi connectivity index (χ1n) is 3.67. The predicted octanol–water partition coefficient (Wildman–Crippen LogP) is 1.28. The molecule has 1 fully saturated rings. The first-order valence-corrected chi connectivity index (χ1v) is 3.67. The van der Waals surface area contributed by atoms with Gasteiger partial charge in [0.25, 0.3) is 0 Å². The highest BCUT2D eigenvalue weighted by Crippen LogP contribution is 2.17. The molecule has 1 amide bonds. The van der Waals surface area contributed by atoms with Gasteiger partial charge in [0.15, 0.2) is 0 Å². The highest BCUT2D eigenvalue weighted by Gasteiger charge is 2.16. The molecule has 0 aliphatic heterocycles. The maximum Gasteiger partial charge on any atom is 0.407 e. The second-order valence-electron chi connectivity index (χ2n) is 2.62. The zero-order valence-electron chi connectivity index (χ0n) is 6.22. The van der Waals surface area contributed by atoms with Crippen LogP contribution in [0.4, 0.5) is 4.79 Å². The van der Waals surface area contributed by atoms with Gasteiger partial charge in [0.2, 0.25) is 0 Å². The van der Waals surface area contributed by atoms with E-state index in [1.807, 2.05) is 0 Å². The van der Waals surface area contributed by atoms with Gasteiger partial charge in [-0.1, -0.05) is 12.8 Å². The number of methoxy groups -OCH3 is 1. The Hall–Kier alpha value is -0.730. The molecule has 1 aliphatic carbocycles. The second kappa shape index (κ2) is 3.44. The van der Waals surface area contributed by atoms with E-state index >= 15 is 0 Å². The molecule has 0 atom stereocenters. The number of alkyl carbamates (subject to hydrolysis) is 1. The fraction of sp³-hybridized carbons (Fsp3) is 0.857. The largest absolute Gasteiger partial charge is 0.453 e. The zero-order chi connectivity index (χ0) is 7.40. The number of carbonyl (C=O) groups excluding carboxylic acids is 1. The number of ether oxygens (including phenoxy) is 1. The molecule has 3 nitrogen and oxygen atoms in total. The van der Waals surface area contributed by atoms with Crippen LogP contribution in [0.15, 0.2) is 0 Å². The Morgan fingerprint density at radius 3 is 2.60 bits per heavy atom. The van der Waals surface area contributed by atoms with Crippen LogP contribution in [0, 0.1) is 0 Å². The Bertz CT molecular complexity index is 119. The average molecular weight is 143 g/mol. The number of rotatable bonds is 1. The van der Waals surface area contributed by atoms with E-state index < -0.39 is 0 Å². The minimum atomic E-state index is -0.299. The Kier molecular flexibility index (Phi) is 2.54. The first-order chi connectivity index (χ1) is 4.83. The van der Waals surface area contributed by atoms with E-state index in [0.717, 1.165) is 12.8 Å². The summed E-state index contributed by atoms with van der Waals surface area (Å²) in [4.78, 5) is 10.6. The van der Waals surface area contributed by atoms with E-state index in [4.69, 9.17) is 0 Å². The number of hydrogen-bond donors (Lipinski definition) is 1. The van der Waals surface area contributed by atoms with Gasteiger partial charge in [-0.3, -0.25) is 0 Å². The van der Waals surface area contributed by atoms with Gasteiger partial charge in [-0.05, 0) is 12.8 Å². The maximum atomic E-state index is 10.6. The third kappa shape index (κ3) is 1.90. The second-order valence-corrected chi connectivity index (χ2v) is 2.62. The molecule has 0 aromatic carbocycles. The van der Waals surface area contributed by atoms with Crippen LogP contribution >= 0.6 is 0 Å². The van der Waals surface area contributed by atoms with Crippen molar-refractivity contribution >= 4 is 6.09 Å². The lowest BCUT2D eigenvalue weighted by Gasteiger charge is -2.09. The van der Waals surface area contributed by atoms with Gasteiger partial charge in [-0.15, -0.1) is 0 Å². The lowest BCUT2D eigenvalue weighted by molar-refractivity contribution is 0.167. The molecule has 0 aromatic rings. The summed E-state index contributed by atoms with van der Waals surface area (Å²) in [5.41, 5.74) is 0. The van der Waals surface area contributed by atoms with Crippen LogP contribution in [0.2, 0.25) is 0 Å². The summed E-state index contributed by atoms with van der Waals surface area (Å²) >= 11 is 0. The Morgan fingerprint density at radius 1 is 1.50 bits per heavy atom. The van der Waals surface area contributed by atoms with Crippen molar-refractivity contribution in [3.05, 3.63) is 0 Å². The van der Waals surface area contributed by atoms with Crippen LogP contribution in [0.3, 0.4) is 0 Å². The van der Waals surface area contributed by atoms with Gasteiger partial charge in [-0.25, -0.2) is 4.79 Å². The van der Waals surface area contributed by atoms with Crippen LogP contribution in [-0.2, 0) is 4.74 Å². The molecule has 1 rings (SSSR count). The van der Waals surface area contributed by atoms with Crippen LogP contribution in [0.25, 0.3) is 0 Å². The normalized spacial score (nSPS) is 18.9. The molecule has 3 heteroatoms. The van der Waals surface area contributed by atoms with E-state index in [9.17, 15) is 4.79 Å². The fourth-order valence-corrected chi connectivity index (χ4v) is 1.30. The fourth-order valence-electron chi connectivity index (χ4n) is 1.30. The van der Waals surface area contributed by atoms with Crippen LogP contribution in [0.1, 0.15) is 25.7 Å². The summed E-state index contributed by atoms with van der Waals surface area (Å²) in [7, 11) is 1.39. The van der Waals surface area contributed by atoms with E-state index in [1.165, 1.54) is 20.0 Å². The molecule has 0 aromatic heterocycles. The van der Waals surface area contributed by atoms with E-state index in [2.05, 4.69) is 10.1 Å². The minimum absolute atomic E-state index is 0.299. The van der Waals surface area contributed by atoms with Crippen molar-refractivity contribution in [2.24, 2.45) is 0 Å². The number of carbonyl (C=O) groups is 1. The monoisotopic (exact) mass is 143 g/mol. The molecule has 1 saturated carbocycles. The van der Waals surface area contributed by atoms with E-state index in [1.54, 1.807) is 0 Å².